The van der Waals surface area contributed by atoms with Crippen molar-refractivity contribution in [2.75, 3.05) is 0 Å². The minimum Gasteiger partial charge on any atom is -0.341 e. The fraction of sp³-hybridized carbons (Fsp3) is 0.0370. The smallest absolute Gasteiger partial charge is 0.252 e. The molecule has 3 aromatic carbocycles. The molecule has 0 unspecified atom stereocenters. The van der Waals surface area contributed by atoms with Crippen LogP contribution in [0.4, 0.5) is 0 Å². The number of nitrogens with one attached hydrogen (secondary N) is 1. The molecule has 4 heteroatoms. The van der Waals surface area contributed by atoms with Gasteiger partial charge in [0.2, 0.25) is 0 Å². The van der Waals surface area contributed by atoms with E-state index in [1.54, 1.807) is 0 Å². The molecule has 0 saturated heterocycles. The number of benzene rings is 3. The molecule has 1 N–H and O–H groups in total. The Hall–Kier alpha value is -4.18. The molecule has 5 rings (SSSR count). The van der Waals surface area contributed by atoms with Crippen LogP contribution in [0.25, 0.3) is 16.9 Å². The van der Waals surface area contributed by atoms with Gasteiger partial charge >= 0.3 is 0 Å². The highest BCUT2D eigenvalue weighted by Gasteiger charge is 2.18. The predicted molar refractivity (Wildman–Crippen MR) is 123 cm³/mol. The van der Waals surface area contributed by atoms with Gasteiger partial charge in [0.05, 0.1) is 11.7 Å². The Balaban J connectivity index is 1.45. The third kappa shape index (κ3) is 3.96. The minimum absolute atomic E-state index is 0.135. The second-order valence-electron chi connectivity index (χ2n) is 7.40. The van der Waals surface area contributed by atoms with Gasteiger partial charge in [-0.3, -0.25) is 4.79 Å². The van der Waals surface area contributed by atoms with Crippen molar-refractivity contribution < 1.29 is 4.79 Å². The van der Waals surface area contributed by atoms with Crippen molar-refractivity contribution >= 4 is 11.6 Å². The number of imidazole rings is 1. The summed E-state index contributed by atoms with van der Waals surface area (Å²) in [6.45, 7) is 0. The summed E-state index contributed by atoms with van der Waals surface area (Å²) in [5.41, 5.74) is 5.32. The number of hydrogen-bond acceptors (Lipinski definition) is 2. The Morgan fingerprint density at radius 3 is 1.97 bits per heavy atom. The van der Waals surface area contributed by atoms with E-state index in [4.69, 9.17) is 4.98 Å². The van der Waals surface area contributed by atoms with Gasteiger partial charge < -0.3 is 9.72 Å². The van der Waals surface area contributed by atoms with Crippen molar-refractivity contribution in [2.24, 2.45) is 0 Å². The van der Waals surface area contributed by atoms with Crippen molar-refractivity contribution in [1.29, 1.82) is 0 Å². The number of amides is 1. The van der Waals surface area contributed by atoms with Crippen LogP contribution >= 0.6 is 0 Å². The lowest BCUT2D eigenvalue weighted by Gasteiger charge is -2.20. The molecule has 0 saturated carbocycles. The zero-order valence-corrected chi connectivity index (χ0v) is 16.8. The molecular formula is C27H21N3O. The summed E-state index contributed by atoms with van der Waals surface area (Å²) in [7, 11) is 0. The van der Waals surface area contributed by atoms with E-state index in [-0.39, 0.29) is 11.9 Å². The van der Waals surface area contributed by atoms with E-state index in [9.17, 15) is 4.79 Å². The zero-order chi connectivity index (χ0) is 21.0. The van der Waals surface area contributed by atoms with Gasteiger partial charge in [0.15, 0.2) is 0 Å². The Kier molecular flexibility index (Phi) is 5.03. The summed E-state index contributed by atoms with van der Waals surface area (Å²) < 4.78 is 1.94. The van der Waals surface area contributed by atoms with Crippen LogP contribution in [-0.2, 0) is 0 Å². The van der Waals surface area contributed by atoms with Gasteiger partial charge in [-0.05, 0) is 23.3 Å². The number of carbonyl (C=O) groups excluding carboxylic acids is 1. The molecule has 0 bridgehead atoms. The van der Waals surface area contributed by atoms with Crippen molar-refractivity contribution in [3.8, 4) is 11.3 Å². The van der Waals surface area contributed by atoms with Crippen LogP contribution in [0.15, 0.2) is 116 Å². The SMILES string of the molecule is O=C(NC(c1ccccc1)c1ccccc1)c1ccn2cc(-c3ccccc3)nc2c1. The molecule has 4 nitrogen and oxygen atoms in total. The molecule has 150 valence electrons. The zero-order valence-electron chi connectivity index (χ0n) is 16.8. The number of aromatic nitrogens is 2. The molecule has 5 aromatic rings. The molecule has 0 fully saturated rings. The lowest BCUT2D eigenvalue weighted by molar-refractivity contribution is 0.0943. The lowest BCUT2D eigenvalue weighted by atomic mass is 9.98. The Morgan fingerprint density at radius 2 is 1.35 bits per heavy atom. The number of carbonyl (C=O) groups is 1. The van der Waals surface area contributed by atoms with E-state index in [1.807, 2.05) is 120 Å². The molecule has 0 aliphatic rings. The third-order valence-electron chi connectivity index (χ3n) is 5.33. The van der Waals surface area contributed by atoms with E-state index >= 15 is 0 Å². The van der Waals surface area contributed by atoms with Crippen molar-refractivity contribution in [3.05, 3.63) is 132 Å². The summed E-state index contributed by atoms with van der Waals surface area (Å²) in [5, 5.41) is 3.19. The van der Waals surface area contributed by atoms with Crippen LogP contribution < -0.4 is 5.32 Å². The number of hydrogen-bond donors (Lipinski definition) is 1. The van der Waals surface area contributed by atoms with Gasteiger partial charge in [-0.25, -0.2) is 4.98 Å². The summed E-state index contributed by atoms with van der Waals surface area (Å²) in [6.07, 6.45) is 3.85. The van der Waals surface area contributed by atoms with Crippen LogP contribution in [-0.4, -0.2) is 15.3 Å². The van der Waals surface area contributed by atoms with Gasteiger partial charge in [0, 0.05) is 23.5 Å². The maximum Gasteiger partial charge on any atom is 0.252 e. The highest BCUT2D eigenvalue weighted by molar-refractivity contribution is 5.95. The van der Waals surface area contributed by atoms with E-state index in [0.29, 0.717) is 5.56 Å². The number of rotatable bonds is 5. The summed E-state index contributed by atoms with van der Waals surface area (Å²) >= 11 is 0. The fourth-order valence-corrected chi connectivity index (χ4v) is 3.74. The standard InChI is InChI=1S/C27H21N3O/c31-27(29-26(21-12-6-2-7-13-21)22-14-8-3-9-15-22)23-16-17-30-19-24(28-25(30)18-23)20-10-4-1-5-11-20/h1-19,26H,(H,29,31). The quantitative estimate of drug-likeness (QED) is 0.420. The monoisotopic (exact) mass is 403 g/mol. The molecule has 0 spiro atoms. The summed E-state index contributed by atoms with van der Waals surface area (Å²) in [4.78, 5) is 17.9. The first-order chi connectivity index (χ1) is 15.3. The first-order valence-corrected chi connectivity index (χ1v) is 10.2. The molecule has 31 heavy (non-hydrogen) atoms. The summed E-state index contributed by atoms with van der Waals surface area (Å²) in [6, 6.07) is 33.5. The van der Waals surface area contributed by atoms with Crippen LogP contribution in [0.5, 0.6) is 0 Å². The highest BCUT2D eigenvalue weighted by Crippen LogP contribution is 2.23. The molecule has 0 radical (unpaired) electrons. The van der Waals surface area contributed by atoms with Crippen LogP contribution in [0, 0.1) is 0 Å². The van der Waals surface area contributed by atoms with Crippen LogP contribution in [0.1, 0.15) is 27.5 Å². The second kappa shape index (κ2) is 8.28. The maximum atomic E-state index is 13.2. The van der Waals surface area contributed by atoms with Gasteiger partial charge in [0.1, 0.15) is 5.65 Å². The number of fused-ring (bicyclic) bond motifs is 1. The van der Waals surface area contributed by atoms with Crippen LogP contribution in [0.3, 0.4) is 0 Å². The maximum absolute atomic E-state index is 13.2. The average Bonchev–Trinajstić information content (AvgIpc) is 3.27. The average molecular weight is 403 g/mol. The van der Waals surface area contributed by atoms with E-state index in [0.717, 1.165) is 28.0 Å². The highest BCUT2D eigenvalue weighted by atomic mass is 16.1. The largest absolute Gasteiger partial charge is 0.341 e. The Morgan fingerprint density at radius 1 is 0.774 bits per heavy atom. The van der Waals surface area contributed by atoms with Crippen molar-refractivity contribution in [1.82, 2.24) is 14.7 Å². The molecule has 0 aliphatic carbocycles. The van der Waals surface area contributed by atoms with Crippen molar-refractivity contribution in [2.45, 2.75) is 6.04 Å². The number of nitrogens with zero attached hydrogens (tertiary/aromatic N) is 2. The Labute approximate surface area is 180 Å². The summed E-state index contributed by atoms with van der Waals surface area (Å²) in [5.74, 6) is -0.135. The molecule has 0 atom stereocenters. The number of pyridine rings is 1. The molecule has 2 heterocycles. The predicted octanol–water partition coefficient (Wildman–Crippen LogP) is 5.52. The van der Waals surface area contributed by atoms with E-state index in [1.165, 1.54) is 0 Å². The minimum atomic E-state index is -0.231. The second-order valence-corrected chi connectivity index (χ2v) is 7.40. The molecule has 1 amide bonds. The van der Waals surface area contributed by atoms with E-state index in [2.05, 4.69) is 5.32 Å². The normalized spacial score (nSPS) is 11.0. The van der Waals surface area contributed by atoms with Gasteiger partial charge in [-0.1, -0.05) is 91.0 Å². The lowest BCUT2D eigenvalue weighted by Crippen LogP contribution is -2.29. The van der Waals surface area contributed by atoms with Gasteiger partial charge in [-0.15, -0.1) is 0 Å². The first-order valence-electron chi connectivity index (χ1n) is 10.2. The third-order valence-corrected chi connectivity index (χ3v) is 5.33. The topological polar surface area (TPSA) is 46.4 Å². The molecule has 2 aromatic heterocycles. The van der Waals surface area contributed by atoms with Gasteiger partial charge in [0.25, 0.3) is 5.91 Å². The van der Waals surface area contributed by atoms with Crippen molar-refractivity contribution in [3.63, 3.8) is 0 Å². The first kappa shape index (κ1) is 18.8. The molecule has 0 aliphatic heterocycles. The van der Waals surface area contributed by atoms with E-state index < -0.39 is 0 Å². The fourth-order valence-electron chi connectivity index (χ4n) is 3.74. The van der Waals surface area contributed by atoms with Gasteiger partial charge in [-0.2, -0.15) is 0 Å². The molecular weight excluding hydrogens is 382 g/mol. The van der Waals surface area contributed by atoms with Crippen LogP contribution in [0.2, 0.25) is 0 Å². The Bertz CT molecular complexity index is 1270.